The van der Waals surface area contributed by atoms with Gasteiger partial charge in [0.1, 0.15) is 13.2 Å². The highest BCUT2D eigenvalue weighted by atomic mass is 31.2. The number of aliphatic hydroxyl groups excluding tert-OH is 1. The number of allylic oxidation sites excluding steroid dienone is 5. The molecule has 3 atom stereocenters. The van der Waals surface area contributed by atoms with Gasteiger partial charge in [0.15, 0.2) is 0 Å². The SMILES string of the molecule is CCCCCCC/C=C\C/C=C\CCCCCCCCCCCCCCCCCCCCCC(=O)NC(COP(=O)(O)OCC[N+](C)(C)C)C(O)/C=C/CCCCCCCC. The topological polar surface area (TPSA) is 105 Å². The number of carbonyl (C=O) groups is 1. The van der Waals surface area contributed by atoms with Crippen LogP contribution in [0.1, 0.15) is 239 Å². The summed E-state index contributed by atoms with van der Waals surface area (Å²) in [6.45, 7) is 4.77. The molecule has 0 fully saturated rings. The van der Waals surface area contributed by atoms with E-state index in [4.69, 9.17) is 9.05 Å². The predicted octanol–water partition coefficient (Wildman–Crippen LogP) is 15.0. The first-order valence-corrected chi connectivity index (χ1v) is 27.4. The fraction of sp³-hybridized carbons (Fsp3) is 0.865. The zero-order chi connectivity index (χ0) is 45.0. The smallest absolute Gasteiger partial charge is 0.387 e. The first-order valence-electron chi connectivity index (χ1n) is 25.9. The lowest BCUT2D eigenvalue weighted by molar-refractivity contribution is -0.870. The van der Waals surface area contributed by atoms with Gasteiger partial charge in [-0.2, -0.15) is 0 Å². The summed E-state index contributed by atoms with van der Waals surface area (Å²) in [6, 6.07) is -0.841. The Balaban J connectivity index is 3.93. The van der Waals surface area contributed by atoms with Crippen molar-refractivity contribution in [2.75, 3.05) is 40.9 Å². The number of aliphatic hydroxyl groups is 1. The van der Waals surface area contributed by atoms with Crippen LogP contribution in [0.5, 0.6) is 0 Å². The maximum atomic E-state index is 12.9. The molecule has 360 valence electrons. The Morgan fingerprint density at radius 1 is 0.557 bits per heavy atom. The summed E-state index contributed by atoms with van der Waals surface area (Å²) < 4.78 is 23.5. The molecule has 0 radical (unpaired) electrons. The Morgan fingerprint density at radius 2 is 0.934 bits per heavy atom. The Hall–Kier alpha value is -1.28. The molecule has 8 nitrogen and oxygen atoms in total. The maximum absolute atomic E-state index is 12.9. The third-order valence-corrected chi connectivity index (χ3v) is 12.6. The van der Waals surface area contributed by atoms with E-state index < -0.39 is 20.0 Å². The van der Waals surface area contributed by atoms with E-state index in [0.29, 0.717) is 17.4 Å². The molecule has 9 heteroatoms. The summed E-state index contributed by atoms with van der Waals surface area (Å²) in [5.74, 6) is -0.178. The van der Waals surface area contributed by atoms with Gasteiger partial charge in [0, 0.05) is 6.42 Å². The van der Waals surface area contributed by atoms with Gasteiger partial charge in [-0.25, -0.2) is 4.57 Å². The molecule has 1 amide bonds. The molecule has 0 rings (SSSR count). The highest BCUT2D eigenvalue weighted by molar-refractivity contribution is 7.47. The number of amides is 1. The van der Waals surface area contributed by atoms with Gasteiger partial charge in [-0.05, 0) is 51.4 Å². The van der Waals surface area contributed by atoms with Crippen LogP contribution in [-0.2, 0) is 18.4 Å². The molecular formula is C52H102N2O6P+. The lowest BCUT2D eigenvalue weighted by atomic mass is 10.0. The van der Waals surface area contributed by atoms with Gasteiger partial charge in [0.2, 0.25) is 5.91 Å². The van der Waals surface area contributed by atoms with Gasteiger partial charge in [-0.1, -0.05) is 217 Å². The van der Waals surface area contributed by atoms with Gasteiger partial charge < -0.3 is 19.8 Å². The van der Waals surface area contributed by atoms with Crippen LogP contribution in [0.25, 0.3) is 0 Å². The van der Waals surface area contributed by atoms with Crippen LogP contribution in [-0.4, -0.2) is 73.4 Å². The Labute approximate surface area is 378 Å². The molecule has 0 aromatic rings. The van der Waals surface area contributed by atoms with Crippen LogP contribution in [0.15, 0.2) is 36.5 Å². The van der Waals surface area contributed by atoms with E-state index in [0.717, 1.165) is 44.9 Å². The first kappa shape index (κ1) is 59.7. The van der Waals surface area contributed by atoms with Crippen molar-refractivity contribution in [1.29, 1.82) is 0 Å². The summed E-state index contributed by atoms with van der Waals surface area (Å²) in [7, 11) is 1.57. The minimum Gasteiger partial charge on any atom is -0.387 e. The molecule has 0 aromatic carbocycles. The minimum absolute atomic E-state index is 0.0622. The number of unbranched alkanes of at least 4 members (excludes halogenated alkanes) is 30. The van der Waals surface area contributed by atoms with Gasteiger partial charge in [0.25, 0.3) is 0 Å². The van der Waals surface area contributed by atoms with E-state index in [1.54, 1.807) is 6.08 Å². The highest BCUT2D eigenvalue weighted by Gasteiger charge is 2.27. The van der Waals surface area contributed by atoms with Crippen LogP contribution >= 0.6 is 7.82 Å². The molecule has 3 unspecified atom stereocenters. The lowest BCUT2D eigenvalue weighted by Gasteiger charge is -2.25. The molecule has 0 aliphatic rings. The summed E-state index contributed by atoms with van der Waals surface area (Å²) in [4.78, 5) is 23.1. The Bertz CT molecular complexity index is 1090. The van der Waals surface area contributed by atoms with E-state index in [-0.39, 0.29) is 19.1 Å². The average molecular weight is 882 g/mol. The highest BCUT2D eigenvalue weighted by Crippen LogP contribution is 2.43. The number of phosphoric ester groups is 1. The lowest BCUT2D eigenvalue weighted by Crippen LogP contribution is -2.45. The van der Waals surface area contributed by atoms with E-state index in [1.807, 2.05) is 27.2 Å². The third-order valence-electron chi connectivity index (χ3n) is 11.6. The number of hydrogen-bond acceptors (Lipinski definition) is 5. The number of nitrogens with zero attached hydrogens (tertiary/aromatic N) is 1. The van der Waals surface area contributed by atoms with Crippen LogP contribution < -0.4 is 5.32 Å². The minimum atomic E-state index is -4.33. The zero-order valence-corrected chi connectivity index (χ0v) is 41.8. The molecule has 0 heterocycles. The number of rotatable bonds is 47. The molecular weight excluding hydrogens is 780 g/mol. The largest absolute Gasteiger partial charge is 0.472 e. The fourth-order valence-electron chi connectivity index (χ4n) is 7.48. The van der Waals surface area contributed by atoms with Crippen molar-refractivity contribution in [2.45, 2.75) is 251 Å². The molecule has 61 heavy (non-hydrogen) atoms. The number of carbonyl (C=O) groups excluding carboxylic acids is 1. The van der Waals surface area contributed by atoms with E-state index >= 15 is 0 Å². The molecule has 0 saturated heterocycles. The van der Waals surface area contributed by atoms with Crippen LogP contribution in [0.2, 0.25) is 0 Å². The zero-order valence-electron chi connectivity index (χ0n) is 40.9. The standard InChI is InChI=1S/C52H101N2O6P/c1-6-8-10-12-14-16-17-18-19-20-21-22-23-24-25-26-27-28-29-30-31-32-33-34-35-36-37-38-40-42-44-46-52(56)53-50(49-60-61(57,58)59-48-47-54(3,4)5)51(55)45-43-41-39-15-13-11-9-7-2/h17-18,20-21,43,45,50-51,55H,6-16,19,22-42,44,46-49H2,1-5H3,(H-,53,56,57,58)/p+1/b18-17-,21-20-,45-43+. The van der Waals surface area contributed by atoms with Crippen molar-refractivity contribution >= 4 is 13.7 Å². The molecule has 0 aliphatic heterocycles. The fourth-order valence-corrected chi connectivity index (χ4v) is 8.22. The number of quaternary nitrogens is 1. The number of likely N-dealkylation sites (N-methyl/N-ethyl adjacent to an activating group) is 1. The van der Waals surface area contributed by atoms with E-state index in [2.05, 4.69) is 43.5 Å². The van der Waals surface area contributed by atoms with Crippen LogP contribution in [0.3, 0.4) is 0 Å². The van der Waals surface area contributed by atoms with Crippen molar-refractivity contribution in [3.05, 3.63) is 36.5 Å². The summed E-state index contributed by atoms with van der Waals surface area (Å²) in [5.41, 5.74) is 0. The Kier molecular flexibility index (Phi) is 43.0. The monoisotopic (exact) mass is 882 g/mol. The summed E-state index contributed by atoms with van der Waals surface area (Å²) in [6.07, 6.45) is 55.5. The summed E-state index contributed by atoms with van der Waals surface area (Å²) in [5, 5.41) is 13.8. The Morgan fingerprint density at radius 3 is 1.34 bits per heavy atom. The van der Waals surface area contributed by atoms with Crippen LogP contribution in [0, 0.1) is 0 Å². The second kappa shape index (κ2) is 43.9. The number of phosphoric acid groups is 1. The average Bonchev–Trinajstić information content (AvgIpc) is 3.21. The van der Waals surface area contributed by atoms with Crippen molar-refractivity contribution in [1.82, 2.24) is 5.32 Å². The second-order valence-electron chi connectivity index (χ2n) is 18.9. The number of nitrogens with one attached hydrogen (secondary N) is 1. The second-order valence-corrected chi connectivity index (χ2v) is 20.4. The maximum Gasteiger partial charge on any atom is 0.472 e. The number of hydrogen-bond donors (Lipinski definition) is 3. The van der Waals surface area contributed by atoms with Crippen molar-refractivity contribution in [3.63, 3.8) is 0 Å². The van der Waals surface area contributed by atoms with Gasteiger partial charge in [0.05, 0.1) is 39.9 Å². The van der Waals surface area contributed by atoms with Crippen molar-refractivity contribution in [2.24, 2.45) is 0 Å². The quantitative estimate of drug-likeness (QED) is 0.0243. The van der Waals surface area contributed by atoms with Gasteiger partial charge in [-0.15, -0.1) is 0 Å². The van der Waals surface area contributed by atoms with Gasteiger partial charge in [-0.3, -0.25) is 13.8 Å². The molecule has 3 N–H and O–H groups in total. The van der Waals surface area contributed by atoms with E-state index in [1.165, 1.54) is 173 Å². The molecule has 0 aliphatic carbocycles. The molecule has 0 bridgehead atoms. The third kappa shape index (κ3) is 46.5. The first-order chi connectivity index (χ1) is 29.5. The predicted molar refractivity (Wildman–Crippen MR) is 263 cm³/mol. The van der Waals surface area contributed by atoms with Crippen molar-refractivity contribution in [3.8, 4) is 0 Å². The molecule has 0 saturated carbocycles. The normalized spacial score (nSPS) is 14.4. The van der Waals surface area contributed by atoms with Crippen molar-refractivity contribution < 1.29 is 32.9 Å². The van der Waals surface area contributed by atoms with Crippen LogP contribution in [0.4, 0.5) is 0 Å². The van der Waals surface area contributed by atoms with Gasteiger partial charge >= 0.3 is 7.82 Å². The van der Waals surface area contributed by atoms with E-state index in [9.17, 15) is 19.4 Å². The summed E-state index contributed by atoms with van der Waals surface area (Å²) >= 11 is 0. The molecule has 0 spiro atoms. The molecule has 0 aromatic heterocycles.